The highest BCUT2D eigenvalue weighted by atomic mass is 35.5. The Kier molecular flexibility index (Phi) is 6.89. The minimum absolute atomic E-state index is 0.0673. The molecule has 126 valence electrons. The van der Waals surface area contributed by atoms with Crippen molar-refractivity contribution in [2.24, 2.45) is 0 Å². The number of carbonyl (C=O) groups excluding carboxylic acids is 1. The Hall–Kier alpha value is -2.26. The fourth-order valence-corrected chi connectivity index (χ4v) is 2.29. The number of carbonyl (C=O) groups is 1. The van der Waals surface area contributed by atoms with E-state index in [-0.39, 0.29) is 5.78 Å². The van der Waals surface area contributed by atoms with Crippen molar-refractivity contribution in [2.75, 3.05) is 11.9 Å². The van der Waals surface area contributed by atoms with Gasteiger partial charge in [0.05, 0.1) is 6.61 Å². The molecule has 0 radical (unpaired) electrons. The van der Waals surface area contributed by atoms with Crippen LogP contribution < -0.4 is 10.1 Å². The van der Waals surface area contributed by atoms with E-state index < -0.39 is 0 Å². The number of hydrogen-bond donors (Lipinski definition) is 1. The molecule has 0 bridgehead atoms. The van der Waals surface area contributed by atoms with Crippen molar-refractivity contribution in [3.05, 3.63) is 70.9 Å². The van der Waals surface area contributed by atoms with Gasteiger partial charge in [-0.1, -0.05) is 31.0 Å². The summed E-state index contributed by atoms with van der Waals surface area (Å²) in [6, 6.07) is 12.8. The van der Waals surface area contributed by atoms with Crippen molar-refractivity contribution in [3.63, 3.8) is 0 Å². The van der Waals surface area contributed by atoms with Crippen LogP contribution in [0.4, 0.5) is 5.69 Å². The highest BCUT2D eigenvalue weighted by molar-refractivity contribution is 6.31. The predicted octanol–water partition coefficient (Wildman–Crippen LogP) is 5.64. The van der Waals surface area contributed by atoms with Crippen LogP contribution in [0.2, 0.25) is 5.02 Å². The third-order valence-corrected chi connectivity index (χ3v) is 4.06. The molecule has 24 heavy (non-hydrogen) atoms. The van der Waals surface area contributed by atoms with Gasteiger partial charge in [0.1, 0.15) is 5.75 Å². The quantitative estimate of drug-likeness (QED) is 0.383. The van der Waals surface area contributed by atoms with Gasteiger partial charge in [-0.2, -0.15) is 0 Å². The molecule has 2 aromatic carbocycles. The lowest BCUT2D eigenvalue weighted by molar-refractivity contribution is 0.104. The van der Waals surface area contributed by atoms with Crippen molar-refractivity contribution in [1.29, 1.82) is 0 Å². The molecule has 4 heteroatoms. The van der Waals surface area contributed by atoms with Crippen LogP contribution in [-0.4, -0.2) is 12.4 Å². The molecule has 2 rings (SSSR count). The Labute approximate surface area is 148 Å². The summed E-state index contributed by atoms with van der Waals surface area (Å²) in [4.78, 5) is 12.2. The molecule has 0 saturated heterocycles. The van der Waals surface area contributed by atoms with E-state index in [1.165, 1.54) is 6.08 Å². The largest absolute Gasteiger partial charge is 0.494 e. The lowest BCUT2D eigenvalue weighted by Crippen LogP contribution is -1.99. The number of ketones is 1. The average Bonchev–Trinajstić information content (AvgIpc) is 2.59. The fraction of sp³-hybridized carbons (Fsp3) is 0.250. The molecule has 0 atom stereocenters. The molecule has 0 aliphatic heterocycles. The van der Waals surface area contributed by atoms with Gasteiger partial charge in [0.15, 0.2) is 5.78 Å². The van der Waals surface area contributed by atoms with Gasteiger partial charge >= 0.3 is 0 Å². The second-order valence-corrected chi connectivity index (χ2v) is 5.89. The molecule has 0 amide bonds. The first-order valence-electron chi connectivity index (χ1n) is 8.07. The van der Waals surface area contributed by atoms with Crippen LogP contribution in [0, 0.1) is 6.92 Å². The first-order chi connectivity index (χ1) is 11.6. The predicted molar refractivity (Wildman–Crippen MR) is 100 cm³/mol. The van der Waals surface area contributed by atoms with Crippen molar-refractivity contribution >= 4 is 23.1 Å². The molecule has 2 aromatic rings. The molecule has 0 aromatic heterocycles. The van der Waals surface area contributed by atoms with E-state index in [0.717, 1.165) is 29.8 Å². The van der Waals surface area contributed by atoms with Crippen molar-refractivity contribution in [3.8, 4) is 5.75 Å². The topological polar surface area (TPSA) is 38.3 Å². The Bertz CT molecular complexity index is 708. The first kappa shape index (κ1) is 18.1. The monoisotopic (exact) mass is 343 g/mol. The molecule has 0 aliphatic rings. The number of rotatable bonds is 8. The van der Waals surface area contributed by atoms with E-state index in [2.05, 4.69) is 12.2 Å². The number of ether oxygens (including phenoxy) is 1. The zero-order valence-corrected chi connectivity index (χ0v) is 14.8. The molecule has 0 heterocycles. The minimum Gasteiger partial charge on any atom is -0.494 e. The van der Waals surface area contributed by atoms with E-state index >= 15 is 0 Å². The van der Waals surface area contributed by atoms with Gasteiger partial charge in [-0.05, 0) is 55.3 Å². The van der Waals surface area contributed by atoms with Crippen molar-refractivity contribution < 1.29 is 9.53 Å². The summed E-state index contributed by atoms with van der Waals surface area (Å²) in [6.07, 6.45) is 5.26. The van der Waals surface area contributed by atoms with Crippen LogP contribution in [0.1, 0.15) is 35.7 Å². The second kappa shape index (κ2) is 9.14. The SMILES string of the molecule is CCCCOc1ccc(C(=O)/C=C/Nc2cccc(Cl)c2C)cc1. The number of benzene rings is 2. The number of nitrogens with one attached hydrogen (secondary N) is 1. The summed E-state index contributed by atoms with van der Waals surface area (Å²) in [6.45, 7) is 4.75. The minimum atomic E-state index is -0.0673. The highest BCUT2D eigenvalue weighted by Crippen LogP contribution is 2.22. The van der Waals surface area contributed by atoms with Crippen LogP contribution in [-0.2, 0) is 0 Å². The summed E-state index contributed by atoms with van der Waals surface area (Å²) in [5.41, 5.74) is 2.45. The van der Waals surface area contributed by atoms with Crippen LogP contribution in [0.5, 0.6) is 5.75 Å². The number of halogens is 1. The zero-order valence-electron chi connectivity index (χ0n) is 14.0. The lowest BCUT2D eigenvalue weighted by atomic mass is 10.1. The molecular weight excluding hydrogens is 322 g/mol. The van der Waals surface area contributed by atoms with Crippen LogP contribution in [0.15, 0.2) is 54.7 Å². The van der Waals surface area contributed by atoms with Gasteiger partial charge in [-0.15, -0.1) is 0 Å². The summed E-state index contributed by atoms with van der Waals surface area (Å²) in [7, 11) is 0. The molecule has 0 saturated carbocycles. The molecule has 0 spiro atoms. The van der Waals surface area contributed by atoms with Gasteiger partial charge < -0.3 is 10.1 Å². The number of unbranched alkanes of at least 4 members (excludes halogenated alkanes) is 1. The van der Waals surface area contributed by atoms with Crippen LogP contribution in [0.25, 0.3) is 0 Å². The van der Waals surface area contributed by atoms with Gasteiger partial charge in [0, 0.05) is 28.5 Å². The van der Waals surface area contributed by atoms with E-state index in [1.54, 1.807) is 18.3 Å². The number of anilines is 1. The Balaban J connectivity index is 1.93. The van der Waals surface area contributed by atoms with Gasteiger partial charge in [-0.25, -0.2) is 0 Å². The van der Waals surface area contributed by atoms with Crippen LogP contribution >= 0.6 is 11.6 Å². The Morgan fingerprint density at radius 3 is 2.67 bits per heavy atom. The summed E-state index contributed by atoms with van der Waals surface area (Å²) >= 11 is 6.07. The maximum atomic E-state index is 12.2. The van der Waals surface area contributed by atoms with Crippen molar-refractivity contribution in [2.45, 2.75) is 26.7 Å². The van der Waals surface area contributed by atoms with E-state index in [1.807, 2.05) is 37.3 Å². The van der Waals surface area contributed by atoms with E-state index in [9.17, 15) is 4.79 Å². The fourth-order valence-electron chi connectivity index (χ4n) is 2.12. The first-order valence-corrected chi connectivity index (χ1v) is 8.45. The summed E-state index contributed by atoms with van der Waals surface area (Å²) < 4.78 is 5.59. The molecule has 0 aliphatic carbocycles. The molecule has 0 fully saturated rings. The van der Waals surface area contributed by atoms with Crippen LogP contribution in [0.3, 0.4) is 0 Å². The van der Waals surface area contributed by atoms with Gasteiger partial charge in [0.25, 0.3) is 0 Å². The molecular formula is C20H22ClNO2. The Morgan fingerprint density at radius 1 is 1.21 bits per heavy atom. The lowest BCUT2D eigenvalue weighted by Gasteiger charge is -2.07. The highest BCUT2D eigenvalue weighted by Gasteiger charge is 2.03. The van der Waals surface area contributed by atoms with Crippen molar-refractivity contribution in [1.82, 2.24) is 0 Å². The molecule has 3 nitrogen and oxygen atoms in total. The number of hydrogen-bond acceptors (Lipinski definition) is 3. The second-order valence-electron chi connectivity index (χ2n) is 5.48. The standard InChI is InChI=1S/C20H22ClNO2/c1-3-4-14-24-17-10-8-16(9-11-17)20(23)12-13-22-19-7-5-6-18(21)15(19)2/h5-13,22H,3-4,14H2,1-2H3/b13-12+. The normalized spacial score (nSPS) is 10.8. The maximum absolute atomic E-state index is 12.2. The molecule has 1 N–H and O–H groups in total. The average molecular weight is 344 g/mol. The number of allylic oxidation sites excluding steroid dienone is 1. The van der Waals surface area contributed by atoms with Gasteiger partial charge in [-0.3, -0.25) is 4.79 Å². The smallest absolute Gasteiger partial charge is 0.187 e. The third-order valence-electron chi connectivity index (χ3n) is 3.65. The van der Waals surface area contributed by atoms with Gasteiger partial charge in [0.2, 0.25) is 0 Å². The zero-order chi connectivity index (χ0) is 17.4. The molecule has 0 unspecified atom stereocenters. The Morgan fingerprint density at radius 2 is 1.96 bits per heavy atom. The third kappa shape index (κ3) is 5.14. The maximum Gasteiger partial charge on any atom is 0.187 e. The van der Waals surface area contributed by atoms with E-state index in [4.69, 9.17) is 16.3 Å². The summed E-state index contributed by atoms with van der Waals surface area (Å²) in [5, 5.41) is 3.78. The van der Waals surface area contributed by atoms with E-state index in [0.29, 0.717) is 17.2 Å². The summed E-state index contributed by atoms with van der Waals surface area (Å²) in [5.74, 6) is 0.721.